The topological polar surface area (TPSA) is 114 Å². The van der Waals surface area contributed by atoms with Gasteiger partial charge < -0.3 is 14.7 Å². The number of aromatic nitrogens is 2. The van der Waals surface area contributed by atoms with Crippen molar-refractivity contribution in [1.29, 1.82) is 0 Å². The number of fused-ring (bicyclic) bond motifs is 3. The van der Waals surface area contributed by atoms with Crippen molar-refractivity contribution in [2.45, 2.75) is 25.3 Å². The summed E-state index contributed by atoms with van der Waals surface area (Å²) < 4.78 is 6.92. The van der Waals surface area contributed by atoms with Gasteiger partial charge in [0.15, 0.2) is 0 Å². The maximum Gasteiger partial charge on any atom is 0.411 e. The van der Waals surface area contributed by atoms with Crippen LogP contribution >= 0.6 is 0 Å². The first-order chi connectivity index (χ1) is 16.2. The third-order valence-electron chi connectivity index (χ3n) is 5.99. The van der Waals surface area contributed by atoms with Gasteiger partial charge in [0, 0.05) is 19.2 Å². The maximum atomic E-state index is 12.7. The van der Waals surface area contributed by atoms with E-state index in [4.69, 9.17) is 9.84 Å². The summed E-state index contributed by atoms with van der Waals surface area (Å²) in [6.45, 7) is 3.00. The van der Waals surface area contributed by atoms with E-state index >= 15 is 0 Å². The molecule has 176 valence electrons. The molecule has 1 heterocycles. The Morgan fingerprint density at radius 2 is 1.68 bits per heavy atom. The first-order valence-corrected chi connectivity index (χ1v) is 10.8. The van der Waals surface area contributed by atoms with E-state index in [9.17, 15) is 14.4 Å². The van der Waals surface area contributed by atoms with E-state index in [1.165, 1.54) is 24.1 Å². The monoisotopic (exact) mass is 462 g/mol. The zero-order valence-corrected chi connectivity index (χ0v) is 19.2. The summed E-state index contributed by atoms with van der Waals surface area (Å²) in [5, 5.41) is 15.7. The Morgan fingerprint density at radius 1 is 1.09 bits per heavy atom. The lowest BCUT2D eigenvalue weighted by molar-refractivity contribution is -0.147. The van der Waals surface area contributed by atoms with Gasteiger partial charge in [-0.25, -0.2) is 4.79 Å². The van der Waals surface area contributed by atoms with Crippen molar-refractivity contribution in [2.75, 3.05) is 25.5 Å². The van der Waals surface area contributed by atoms with E-state index in [1.807, 2.05) is 36.4 Å². The number of carboxylic acids is 1. The van der Waals surface area contributed by atoms with E-state index in [0.29, 0.717) is 5.69 Å². The molecule has 0 saturated carbocycles. The lowest BCUT2D eigenvalue weighted by atomic mass is 9.98. The van der Waals surface area contributed by atoms with Gasteiger partial charge in [0.25, 0.3) is 0 Å². The molecule has 2 amide bonds. The number of benzene rings is 2. The van der Waals surface area contributed by atoms with Gasteiger partial charge in [-0.2, -0.15) is 5.10 Å². The molecule has 3 aromatic rings. The molecule has 1 aliphatic carbocycles. The van der Waals surface area contributed by atoms with Gasteiger partial charge in [-0.15, -0.1) is 0 Å². The van der Waals surface area contributed by atoms with E-state index in [1.54, 1.807) is 13.8 Å². The number of likely N-dealkylation sites (N-methyl/N-ethyl adjacent to an activating group) is 1. The Labute approximate surface area is 196 Å². The van der Waals surface area contributed by atoms with Crippen LogP contribution in [0.1, 0.15) is 30.9 Å². The molecule has 0 aliphatic heterocycles. The molecule has 4 rings (SSSR count). The number of nitrogens with zero attached hydrogens (tertiary/aromatic N) is 3. The van der Waals surface area contributed by atoms with Gasteiger partial charge in [0.05, 0.1) is 11.9 Å². The fraction of sp³-hybridized carbons (Fsp3) is 0.280. The summed E-state index contributed by atoms with van der Waals surface area (Å²) in [5.74, 6) is -1.59. The van der Waals surface area contributed by atoms with Crippen LogP contribution in [0.4, 0.5) is 10.5 Å². The average molecular weight is 463 g/mol. The standard InChI is InChI=1S/C25H26N4O5/c1-25(2,23(32)28(3)14-22(30)31)29-13-16(12-26-29)27-24(33)34-15-21-19-10-6-4-8-17(19)18-9-5-7-11-20(18)21/h4-13,21H,14-15H2,1-3H3,(H,27,33)(H,30,31). The van der Waals surface area contributed by atoms with Gasteiger partial charge in [-0.05, 0) is 36.1 Å². The van der Waals surface area contributed by atoms with E-state index < -0.39 is 30.1 Å². The van der Waals surface area contributed by atoms with Crippen LogP contribution in [0.15, 0.2) is 60.9 Å². The molecule has 9 heteroatoms. The van der Waals surface area contributed by atoms with Crippen LogP contribution in [-0.2, 0) is 19.9 Å². The van der Waals surface area contributed by atoms with E-state index in [0.717, 1.165) is 27.2 Å². The number of carboxylic acid groups (broad SMARTS) is 1. The molecule has 2 aromatic carbocycles. The number of aliphatic carboxylic acids is 1. The Morgan fingerprint density at radius 3 is 2.26 bits per heavy atom. The number of carbonyl (C=O) groups excluding carboxylic acids is 2. The van der Waals surface area contributed by atoms with Crippen molar-refractivity contribution < 1.29 is 24.2 Å². The lowest BCUT2D eigenvalue weighted by Crippen LogP contribution is -2.47. The summed E-state index contributed by atoms with van der Waals surface area (Å²) >= 11 is 0. The zero-order chi connectivity index (χ0) is 24.5. The molecular formula is C25H26N4O5. The highest BCUT2D eigenvalue weighted by Crippen LogP contribution is 2.44. The molecule has 2 N–H and O–H groups in total. The largest absolute Gasteiger partial charge is 0.480 e. The number of nitrogens with one attached hydrogen (secondary N) is 1. The third-order valence-corrected chi connectivity index (χ3v) is 5.99. The Balaban J connectivity index is 1.40. The number of rotatable bonds is 7. The second-order valence-corrected chi connectivity index (χ2v) is 8.74. The van der Waals surface area contributed by atoms with E-state index in [2.05, 4.69) is 22.5 Å². The van der Waals surface area contributed by atoms with Crippen LogP contribution in [0, 0.1) is 0 Å². The minimum atomic E-state index is -1.15. The Bertz CT molecular complexity index is 1200. The van der Waals surface area contributed by atoms with Gasteiger partial charge in [0.2, 0.25) is 5.91 Å². The molecule has 0 unspecified atom stereocenters. The Kier molecular flexibility index (Phi) is 6.10. The highest BCUT2D eigenvalue weighted by molar-refractivity contribution is 5.87. The Hall–Kier alpha value is -4.14. The van der Waals surface area contributed by atoms with Crippen LogP contribution < -0.4 is 5.32 Å². The summed E-state index contributed by atoms with van der Waals surface area (Å²) in [4.78, 5) is 37.2. The number of carbonyl (C=O) groups is 3. The highest BCUT2D eigenvalue weighted by atomic mass is 16.5. The summed E-state index contributed by atoms with van der Waals surface area (Å²) in [6.07, 6.45) is 2.29. The predicted octanol–water partition coefficient (Wildman–Crippen LogP) is 3.52. The van der Waals surface area contributed by atoms with Crippen LogP contribution in [0.25, 0.3) is 11.1 Å². The SMILES string of the molecule is CN(CC(=O)O)C(=O)C(C)(C)n1cc(NC(=O)OCC2c3ccccc3-c3ccccc32)cn1. The number of hydrogen-bond acceptors (Lipinski definition) is 5. The van der Waals surface area contributed by atoms with E-state index in [-0.39, 0.29) is 12.5 Å². The fourth-order valence-electron chi connectivity index (χ4n) is 4.29. The van der Waals surface area contributed by atoms with Crippen molar-refractivity contribution in [3.63, 3.8) is 0 Å². The summed E-state index contributed by atoms with van der Waals surface area (Å²) in [6, 6.07) is 16.2. The fourth-order valence-corrected chi connectivity index (χ4v) is 4.29. The number of ether oxygens (including phenoxy) is 1. The number of amides is 2. The predicted molar refractivity (Wildman–Crippen MR) is 126 cm³/mol. The van der Waals surface area contributed by atoms with Crippen molar-refractivity contribution in [3.8, 4) is 11.1 Å². The molecule has 34 heavy (non-hydrogen) atoms. The number of anilines is 1. The number of hydrogen-bond donors (Lipinski definition) is 2. The average Bonchev–Trinajstić information content (AvgIpc) is 3.40. The maximum absolute atomic E-state index is 12.7. The summed E-state index contributed by atoms with van der Waals surface area (Å²) in [7, 11) is 1.41. The summed E-state index contributed by atoms with van der Waals surface area (Å²) in [5.41, 5.74) is 3.75. The van der Waals surface area contributed by atoms with Crippen molar-refractivity contribution in [1.82, 2.24) is 14.7 Å². The van der Waals surface area contributed by atoms with Crippen LogP contribution in [0.2, 0.25) is 0 Å². The second-order valence-electron chi connectivity index (χ2n) is 8.74. The van der Waals surface area contributed by atoms with Crippen molar-refractivity contribution in [3.05, 3.63) is 72.1 Å². The van der Waals surface area contributed by atoms with Gasteiger partial charge in [-0.3, -0.25) is 19.6 Å². The molecule has 0 atom stereocenters. The van der Waals surface area contributed by atoms with Gasteiger partial charge in [-0.1, -0.05) is 48.5 Å². The van der Waals surface area contributed by atoms with Crippen LogP contribution in [-0.4, -0.2) is 58.0 Å². The minimum Gasteiger partial charge on any atom is -0.480 e. The quantitative estimate of drug-likeness (QED) is 0.555. The third kappa shape index (κ3) is 4.36. The zero-order valence-electron chi connectivity index (χ0n) is 19.2. The molecule has 9 nitrogen and oxygen atoms in total. The first kappa shape index (κ1) is 23.0. The van der Waals surface area contributed by atoms with Crippen molar-refractivity contribution >= 4 is 23.7 Å². The molecule has 0 saturated heterocycles. The highest BCUT2D eigenvalue weighted by Gasteiger charge is 2.34. The molecule has 0 spiro atoms. The normalized spacial score (nSPS) is 12.6. The van der Waals surface area contributed by atoms with Gasteiger partial charge in [0.1, 0.15) is 18.7 Å². The second kappa shape index (κ2) is 9.01. The lowest BCUT2D eigenvalue weighted by Gasteiger charge is -2.28. The molecule has 0 bridgehead atoms. The molecule has 1 aromatic heterocycles. The first-order valence-electron chi connectivity index (χ1n) is 10.8. The molecule has 1 aliphatic rings. The molecule has 0 fully saturated rings. The van der Waals surface area contributed by atoms with Gasteiger partial charge >= 0.3 is 12.1 Å². The van der Waals surface area contributed by atoms with Crippen LogP contribution in [0.5, 0.6) is 0 Å². The smallest absolute Gasteiger partial charge is 0.411 e. The van der Waals surface area contributed by atoms with Crippen molar-refractivity contribution in [2.24, 2.45) is 0 Å². The molecular weight excluding hydrogens is 436 g/mol. The van der Waals surface area contributed by atoms with Crippen LogP contribution in [0.3, 0.4) is 0 Å². The minimum absolute atomic E-state index is 0.0535. The molecule has 0 radical (unpaired) electrons.